The van der Waals surface area contributed by atoms with E-state index in [0.717, 1.165) is 19.5 Å². The van der Waals surface area contributed by atoms with Crippen molar-refractivity contribution in [3.63, 3.8) is 0 Å². The first kappa shape index (κ1) is 12.9. The van der Waals surface area contributed by atoms with Crippen molar-refractivity contribution in [3.8, 4) is 6.07 Å². The molecule has 1 aliphatic rings. The third kappa shape index (κ3) is 4.04. The highest BCUT2D eigenvalue weighted by molar-refractivity contribution is 8.00. The van der Waals surface area contributed by atoms with Gasteiger partial charge in [-0.25, -0.2) is 0 Å². The molecule has 0 amide bonds. The van der Waals surface area contributed by atoms with Crippen LogP contribution in [0.25, 0.3) is 0 Å². The van der Waals surface area contributed by atoms with Gasteiger partial charge in [-0.2, -0.15) is 17.0 Å². The van der Waals surface area contributed by atoms with Gasteiger partial charge in [-0.1, -0.05) is 20.8 Å². The van der Waals surface area contributed by atoms with Crippen molar-refractivity contribution in [1.82, 2.24) is 4.90 Å². The molecule has 1 heterocycles. The summed E-state index contributed by atoms with van der Waals surface area (Å²) in [6, 6.07) is 2.79. The first-order chi connectivity index (χ1) is 7.09. The van der Waals surface area contributed by atoms with E-state index < -0.39 is 0 Å². The predicted octanol–water partition coefficient (Wildman–Crippen LogP) is 2.90. The van der Waals surface area contributed by atoms with Crippen LogP contribution in [0.15, 0.2) is 0 Å². The average molecular weight is 226 g/mol. The Morgan fingerprint density at radius 2 is 2.20 bits per heavy atom. The normalized spacial score (nSPS) is 24.1. The Kier molecular flexibility index (Phi) is 4.95. The van der Waals surface area contributed by atoms with E-state index in [-0.39, 0.29) is 0 Å². The smallest absolute Gasteiger partial charge is 0.0638 e. The molecule has 1 unspecified atom stereocenters. The maximum Gasteiger partial charge on any atom is 0.0638 e. The number of thioether (sulfide) groups is 1. The molecule has 0 saturated carbocycles. The molecule has 1 saturated heterocycles. The van der Waals surface area contributed by atoms with Crippen molar-refractivity contribution in [1.29, 1.82) is 5.26 Å². The van der Waals surface area contributed by atoms with Gasteiger partial charge >= 0.3 is 0 Å². The highest BCUT2D eigenvalue weighted by atomic mass is 32.2. The van der Waals surface area contributed by atoms with Gasteiger partial charge in [-0.15, -0.1) is 0 Å². The molecule has 1 atom stereocenters. The number of rotatable bonds is 3. The molecule has 86 valence electrons. The summed E-state index contributed by atoms with van der Waals surface area (Å²) in [6.07, 6.45) is 3.01. The molecule has 0 bridgehead atoms. The highest BCUT2D eigenvalue weighted by Crippen LogP contribution is 2.31. The fourth-order valence-corrected chi connectivity index (χ4v) is 3.15. The standard InChI is InChI=1S/C12H22N2S/c1-4-11(5-7-13)14-8-6-12(2,3)15-10-9-14/h11H,4-6,8-10H2,1-3H3. The number of nitriles is 1. The lowest BCUT2D eigenvalue weighted by Gasteiger charge is -2.28. The lowest BCUT2D eigenvalue weighted by Crippen LogP contribution is -2.36. The molecule has 0 aromatic heterocycles. The van der Waals surface area contributed by atoms with E-state index in [4.69, 9.17) is 5.26 Å². The lowest BCUT2D eigenvalue weighted by molar-refractivity contribution is 0.201. The monoisotopic (exact) mass is 226 g/mol. The van der Waals surface area contributed by atoms with Gasteiger partial charge in [0, 0.05) is 23.1 Å². The second kappa shape index (κ2) is 5.77. The van der Waals surface area contributed by atoms with E-state index in [9.17, 15) is 0 Å². The Morgan fingerprint density at radius 1 is 1.47 bits per heavy atom. The molecule has 0 radical (unpaired) electrons. The van der Waals surface area contributed by atoms with E-state index in [1.165, 1.54) is 12.2 Å². The molecular formula is C12H22N2S. The largest absolute Gasteiger partial charge is 0.299 e. The van der Waals surface area contributed by atoms with Crippen molar-refractivity contribution in [2.75, 3.05) is 18.8 Å². The summed E-state index contributed by atoms with van der Waals surface area (Å²) in [6.45, 7) is 9.14. The number of hydrogen-bond acceptors (Lipinski definition) is 3. The zero-order valence-corrected chi connectivity index (χ0v) is 10.9. The van der Waals surface area contributed by atoms with Crippen molar-refractivity contribution < 1.29 is 0 Å². The van der Waals surface area contributed by atoms with Gasteiger partial charge in [-0.05, 0) is 19.4 Å². The number of hydrogen-bond donors (Lipinski definition) is 0. The summed E-state index contributed by atoms with van der Waals surface area (Å²) in [5.41, 5.74) is 0. The molecule has 0 aromatic rings. The van der Waals surface area contributed by atoms with E-state index in [1.807, 2.05) is 0 Å². The summed E-state index contributed by atoms with van der Waals surface area (Å²) in [5.74, 6) is 1.20. The van der Waals surface area contributed by atoms with E-state index in [0.29, 0.717) is 17.2 Å². The fourth-order valence-electron chi connectivity index (χ4n) is 2.04. The molecule has 15 heavy (non-hydrogen) atoms. The number of nitrogens with zero attached hydrogens (tertiary/aromatic N) is 2. The van der Waals surface area contributed by atoms with Crippen LogP contribution >= 0.6 is 11.8 Å². The van der Waals surface area contributed by atoms with Gasteiger partial charge in [0.25, 0.3) is 0 Å². The maximum absolute atomic E-state index is 8.79. The maximum atomic E-state index is 8.79. The second-order valence-electron chi connectivity index (χ2n) is 4.82. The van der Waals surface area contributed by atoms with Crippen LogP contribution in [0.5, 0.6) is 0 Å². The third-order valence-corrected chi connectivity index (χ3v) is 4.56. The van der Waals surface area contributed by atoms with Crippen LogP contribution in [-0.4, -0.2) is 34.5 Å². The van der Waals surface area contributed by atoms with Gasteiger partial charge in [-0.3, -0.25) is 4.90 Å². The van der Waals surface area contributed by atoms with Crippen LogP contribution in [-0.2, 0) is 0 Å². The second-order valence-corrected chi connectivity index (χ2v) is 6.62. The van der Waals surface area contributed by atoms with E-state index in [2.05, 4.69) is 43.5 Å². The van der Waals surface area contributed by atoms with Crippen molar-refractivity contribution in [2.24, 2.45) is 0 Å². The van der Waals surface area contributed by atoms with E-state index >= 15 is 0 Å². The zero-order chi connectivity index (χ0) is 11.3. The lowest BCUT2D eigenvalue weighted by atomic mass is 10.1. The molecule has 1 rings (SSSR count). The Morgan fingerprint density at radius 3 is 2.80 bits per heavy atom. The molecule has 0 aliphatic carbocycles. The first-order valence-electron chi connectivity index (χ1n) is 5.84. The minimum atomic E-state index is 0.416. The zero-order valence-electron chi connectivity index (χ0n) is 10.1. The third-order valence-electron chi connectivity index (χ3n) is 3.19. The highest BCUT2D eigenvalue weighted by Gasteiger charge is 2.26. The van der Waals surface area contributed by atoms with Crippen molar-refractivity contribution >= 4 is 11.8 Å². The van der Waals surface area contributed by atoms with Gasteiger partial charge in [0.15, 0.2) is 0 Å². The molecule has 0 N–H and O–H groups in total. The van der Waals surface area contributed by atoms with Gasteiger partial charge in [0.2, 0.25) is 0 Å². The summed E-state index contributed by atoms with van der Waals surface area (Å²) < 4.78 is 0.416. The van der Waals surface area contributed by atoms with Crippen LogP contribution in [0.4, 0.5) is 0 Å². The molecule has 1 aliphatic heterocycles. The Hall–Kier alpha value is -0.200. The fraction of sp³-hybridized carbons (Fsp3) is 0.917. The van der Waals surface area contributed by atoms with Crippen LogP contribution in [0.1, 0.15) is 40.0 Å². The van der Waals surface area contributed by atoms with Crippen molar-refractivity contribution in [2.45, 2.75) is 50.8 Å². The summed E-state index contributed by atoms with van der Waals surface area (Å²) in [7, 11) is 0. The minimum Gasteiger partial charge on any atom is -0.299 e. The molecular weight excluding hydrogens is 204 g/mol. The summed E-state index contributed by atoms with van der Waals surface area (Å²) >= 11 is 2.07. The molecule has 1 fully saturated rings. The first-order valence-corrected chi connectivity index (χ1v) is 6.82. The van der Waals surface area contributed by atoms with Crippen molar-refractivity contribution in [3.05, 3.63) is 0 Å². The molecule has 2 nitrogen and oxygen atoms in total. The topological polar surface area (TPSA) is 27.0 Å². The molecule has 3 heteroatoms. The predicted molar refractivity (Wildman–Crippen MR) is 67.0 cm³/mol. The van der Waals surface area contributed by atoms with Crippen LogP contribution in [0.2, 0.25) is 0 Å². The Bertz CT molecular complexity index is 232. The van der Waals surface area contributed by atoms with E-state index in [1.54, 1.807) is 0 Å². The molecule has 0 spiro atoms. The SMILES string of the molecule is CCC(CC#N)N1CCSC(C)(C)CC1. The summed E-state index contributed by atoms with van der Waals surface area (Å²) in [5, 5.41) is 8.79. The van der Waals surface area contributed by atoms with Gasteiger partial charge < -0.3 is 0 Å². The van der Waals surface area contributed by atoms with Gasteiger partial charge in [0.05, 0.1) is 12.5 Å². The van der Waals surface area contributed by atoms with Crippen LogP contribution in [0, 0.1) is 11.3 Å². The summed E-state index contributed by atoms with van der Waals surface area (Å²) in [4.78, 5) is 2.50. The van der Waals surface area contributed by atoms with Gasteiger partial charge in [0.1, 0.15) is 0 Å². The van der Waals surface area contributed by atoms with Crippen LogP contribution < -0.4 is 0 Å². The minimum absolute atomic E-state index is 0.416. The average Bonchev–Trinajstić information content (AvgIpc) is 2.36. The molecule has 0 aromatic carbocycles. The Balaban J connectivity index is 2.52. The van der Waals surface area contributed by atoms with Crippen LogP contribution in [0.3, 0.4) is 0 Å². The quantitative estimate of drug-likeness (QED) is 0.740. The Labute approximate surface area is 98.0 Å².